The zero-order valence-corrected chi connectivity index (χ0v) is 14.7. The first-order valence-corrected chi connectivity index (χ1v) is 8.66. The first kappa shape index (κ1) is 16.9. The fourth-order valence-electron chi connectivity index (χ4n) is 3.16. The molecule has 1 aliphatic heterocycles. The Morgan fingerprint density at radius 1 is 1.19 bits per heavy atom. The summed E-state index contributed by atoms with van der Waals surface area (Å²) in [5.74, 6) is 0.468. The Hall–Kier alpha value is -3.55. The molecule has 3 heterocycles. The number of aromatic nitrogens is 4. The average molecular weight is 362 g/mol. The number of anilines is 2. The first-order valence-electron chi connectivity index (χ1n) is 8.66. The van der Waals surface area contributed by atoms with Gasteiger partial charge in [-0.15, -0.1) is 10.2 Å². The van der Waals surface area contributed by atoms with Crippen molar-refractivity contribution in [1.29, 1.82) is 0 Å². The minimum Gasteiger partial charge on any atom is -0.322 e. The van der Waals surface area contributed by atoms with E-state index in [-0.39, 0.29) is 17.9 Å². The molecule has 1 aromatic carbocycles. The molecule has 0 aliphatic carbocycles. The van der Waals surface area contributed by atoms with E-state index < -0.39 is 0 Å². The second-order valence-electron chi connectivity index (χ2n) is 6.43. The Balaban J connectivity index is 1.50. The van der Waals surface area contributed by atoms with Crippen LogP contribution in [0.3, 0.4) is 0 Å². The largest absolute Gasteiger partial charge is 0.322 e. The van der Waals surface area contributed by atoms with E-state index >= 15 is 0 Å². The van der Waals surface area contributed by atoms with Gasteiger partial charge in [0, 0.05) is 30.0 Å². The van der Waals surface area contributed by atoms with E-state index in [9.17, 15) is 9.59 Å². The van der Waals surface area contributed by atoms with E-state index in [0.717, 1.165) is 12.1 Å². The third kappa shape index (κ3) is 3.41. The molecule has 0 radical (unpaired) electrons. The molecule has 1 unspecified atom stereocenters. The Labute approximate surface area is 155 Å². The monoisotopic (exact) mass is 362 g/mol. The topological polar surface area (TPSA) is 93.0 Å². The summed E-state index contributed by atoms with van der Waals surface area (Å²) in [4.78, 5) is 30.6. The van der Waals surface area contributed by atoms with Crippen LogP contribution in [0.5, 0.6) is 0 Å². The number of amides is 2. The summed E-state index contributed by atoms with van der Waals surface area (Å²) in [6.07, 6.45) is 5.98. The molecule has 3 aromatic rings. The van der Waals surface area contributed by atoms with Crippen molar-refractivity contribution >= 4 is 23.2 Å². The minimum absolute atomic E-state index is 0.111. The highest BCUT2D eigenvalue weighted by Gasteiger charge is 2.28. The number of nitrogens with one attached hydrogen (secondary N) is 1. The number of pyridine rings is 1. The fourth-order valence-corrected chi connectivity index (χ4v) is 3.16. The maximum absolute atomic E-state index is 12.5. The summed E-state index contributed by atoms with van der Waals surface area (Å²) in [5, 5.41) is 10.3. The number of nitrogens with zero attached hydrogens (tertiary/aromatic N) is 5. The maximum Gasteiger partial charge on any atom is 0.257 e. The summed E-state index contributed by atoms with van der Waals surface area (Å²) < 4.78 is 1.65. The third-order valence-electron chi connectivity index (χ3n) is 4.56. The molecule has 1 saturated heterocycles. The molecule has 0 spiro atoms. The van der Waals surface area contributed by atoms with Gasteiger partial charge in [-0.1, -0.05) is 6.07 Å². The number of rotatable bonds is 4. The number of carbonyl (C=O) groups excluding carboxylic acids is 2. The number of hydrogen-bond donors (Lipinski definition) is 1. The predicted octanol–water partition coefficient (Wildman–Crippen LogP) is 2.43. The summed E-state index contributed by atoms with van der Waals surface area (Å²) in [6.45, 7) is 2.03. The first-order chi connectivity index (χ1) is 13.1. The molecule has 0 saturated carbocycles. The normalized spacial score (nSPS) is 16.6. The highest BCUT2D eigenvalue weighted by Crippen LogP contribution is 2.28. The van der Waals surface area contributed by atoms with Gasteiger partial charge in [-0.05, 0) is 43.7 Å². The quantitative estimate of drug-likeness (QED) is 0.769. The van der Waals surface area contributed by atoms with Crippen LogP contribution in [-0.4, -0.2) is 37.6 Å². The fraction of sp³-hybridized carbons (Fsp3) is 0.211. The highest BCUT2D eigenvalue weighted by molar-refractivity contribution is 6.04. The molecular formula is C19H18N6O2. The van der Waals surface area contributed by atoms with Gasteiger partial charge in [0.2, 0.25) is 5.91 Å². The Bertz CT molecular complexity index is 968. The van der Waals surface area contributed by atoms with Crippen LogP contribution < -0.4 is 10.2 Å². The zero-order chi connectivity index (χ0) is 18.8. The van der Waals surface area contributed by atoms with E-state index in [2.05, 4.69) is 20.5 Å². The molecule has 1 aliphatic rings. The van der Waals surface area contributed by atoms with Crippen LogP contribution in [0.25, 0.3) is 5.82 Å². The van der Waals surface area contributed by atoms with Gasteiger partial charge in [-0.2, -0.15) is 0 Å². The number of hydrogen-bond acceptors (Lipinski definition) is 5. The van der Waals surface area contributed by atoms with Gasteiger partial charge in [-0.3, -0.25) is 14.2 Å². The number of benzene rings is 1. The summed E-state index contributed by atoms with van der Waals surface area (Å²) in [7, 11) is 0. The Morgan fingerprint density at radius 3 is 2.67 bits per heavy atom. The van der Waals surface area contributed by atoms with Crippen LogP contribution in [0.15, 0.2) is 55.2 Å². The van der Waals surface area contributed by atoms with Crippen molar-refractivity contribution in [3.05, 3.63) is 60.8 Å². The van der Waals surface area contributed by atoms with Crippen molar-refractivity contribution in [3.8, 4) is 5.82 Å². The Morgan fingerprint density at radius 2 is 2.00 bits per heavy atom. The smallest absolute Gasteiger partial charge is 0.257 e. The molecule has 0 bridgehead atoms. The van der Waals surface area contributed by atoms with Gasteiger partial charge in [0.05, 0.1) is 5.56 Å². The average Bonchev–Trinajstić information content (AvgIpc) is 3.32. The summed E-state index contributed by atoms with van der Waals surface area (Å²) in [5.41, 5.74) is 1.86. The van der Waals surface area contributed by atoms with Crippen molar-refractivity contribution in [2.45, 2.75) is 25.8 Å². The molecule has 8 nitrogen and oxygen atoms in total. The lowest BCUT2D eigenvalue weighted by atomic mass is 10.2. The van der Waals surface area contributed by atoms with Crippen molar-refractivity contribution in [2.24, 2.45) is 0 Å². The standard InChI is InChI=1S/C19H18N6O2/c1-13-5-8-18(26)25(13)16-4-2-3-15(9-16)23-19(27)14-6-7-17(20-10-14)24-11-21-22-12-24/h2-4,6-7,9-13H,5,8H2,1H3,(H,23,27). The predicted molar refractivity (Wildman–Crippen MR) is 99.7 cm³/mol. The summed E-state index contributed by atoms with van der Waals surface area (Å²) >= 11 is 0. The van der Waals surface area contributed by atoms with Crippen molar-refractivity contribution in [2.75, 3.05) is 10.2 Å². The molecule has 4 rings (SSSR count). The van der Waals surface area contributed by atoms with E-state index in [1.807, 2.05) is 25.1 Å². The van der Waals surface area contributed by atoms with Crippen LogP contribution in [0.4, 0.5) is 11.4 Å². The van der Waals surface area contributed by atoms with Crippen LogP contribution in [0.2, 0.25) is 0 Å². The van der Waals surface area contributed by atoms with Crippen LogP contribution in [0.1, 0.15) is 30.1 Å². The highest BCUT2D eigenvalue weighted by atomic mass is 16.2. The lowest BCUT2D eigenvalue weighted by molar-refractivity contribution is -0.117. The lowest BCUT2D eigenvalue weighted by Gasteiger charge is -2.22. The van der Waals surface area contributed by atoms with E-state index in [4.69, 9.17) is 0 Å². The molecular weight excluding hydrogens is 344 g/mol. The minimum atomic E-state index is -0.268. The van der Waals surface area contributed by atoms with Crippen LogP contribution in [-0.2, 0) is 4.79 Å². The Kier molecular flexibility index (Phi) is 4.37. The maximum atomic E-state index is 12.5. The van der Waals surface area contributed by atoms with Crippen LogP contribution >= 0.6 is 0 Å². The van der Waals surface area contributed by atoms with Gasteiger partial charge in [0.1, 0.15) is 18.5 Å². The summed E-state index contributed by atoms with van der Waals surface area (Å²) in [6, 6.07) is 10.9. The molecule has 1 fully saturated rings. The van der Waals surface area contributed by atoms with E-state index in [1.165, 1.54) is 18.9 Å². The third-order valence-corrected chi connectivity index (χ3v) is 4.56. The van der Waals surface area contributed by atoms with Crippen molar-refractivity contribution in [3.63, 3.8) is 0 Å². The zero-order valence-electron chi connectivity index (χ0n) is 14.7. The van der Waals surface area contributed by atoms with Gasteiger partial charge >= 0.3 is 0 Å². The molecule has 136 valence electrons. The van der Waals surface area contributed by atoms with Gasteiger partial charge in [-0.25, -0.2) is 4.98 Å². The second-order valence-corrected chi connectivity index (χ2v) is 6.43. The molecule has 8 heteroatoms. The molecule has 1 N–H and O–H groups in total. The lowest BCUT2D eigenvalue weighted by Crippen LogP contribution is -2.30. The van der Waals surface area contributed by atoms with Gasteiger partial charge < -0.3 is 10.2 Å². The molecule has 2 aromatic heterocycles. The van der Waals surface area contributed by atoms with Crippen LogP contribution in [0, 0.1) is 0 Å². The van der Waals surface area contributed by atoms with E-state index in [1.54, 1.807) is 27.7 Å². The van der Waals surface area contributed by atoms with Crippen molar-refractivity contribution in [1.82, 2.24) is 19.7 Å². The second kappa shape index (κ2) is 6.99. The van der Waals surface area contributed by atoms with Crippen molar-refractivity contribution < 1.29 is 9.59 Å². The molecule has 1 atom stereocenters. The van der Waals surface area contributed by atoms with Gasteiger partial charge in [0.15, 0.2) is 0 Å². The van der Waals surface area contributed by atoms with Gasteiger partial charge in [0.25, 0.3) is 5.91 Å². The number of carbonyl (C=O) groups is 2. The molecule has 27 heavy (non-hydrogen) atoms. The SMILES string of the molecule is CC1CCC(=O)N1c1cccc(NC(=O)c2ccc(-n3cnnc3)nc2)c1. The molecule has 2 amide bonds. The van der Waals surface area contributed by atoms with E-state index in [0.29, 0.717) is 23.5 Å².